The zero-order valence-corrected chi connectivity index (χ0v) is 11.6. The molecule has 21 heavy (non-hydrogen) atoms. The van der Waals surface area contributed by atoms with Gasteiger partial charge in [-0.05, 0) is 47.9 Å². The molecule has 0 fully saturated rings. The minimum Gasteiger partial charge on any atom is -0.478 e. The number of aryl methyl sites for hydroxylation is 1. The van der Waals surface area contributed by atoms with Crippen LogP contribution in [0.25, 0.3) is 11.1 Å². The highest BCUT2D eigenvalue weighted by molar-refractivity contribution is 6.30. The third-order valence-corrected chi connectivity index (χ3v) is 3.29. The molecule has 0 saturated carbocycles. The van der Waals surface area contributed by atoms with Gasteiger partial charge in [-0.1, -0.05) is 23.7 Å². The fourth-order valence-electron chi connectivity index (χ4n) is 2.09. The highest BCUT2D eigenvalue weighted by Gasteiger charge is 2.35. The summed E-state index contributed by atoms with van der Waals surface area (Å²) in [6.07, 6.45) is -4.71. The molecule has 2 aromatic carbocycles. The van der Waals surface area contributed by atoms with Crippen LogP contribution in [0.5, 0.6) is 0 Å². The molecular weight excluding hydrogens is 305 g/mol. The lowest BCUT2D eigenvalue weighted by molar-refractivity contribution is -0.138. The number of carboxylic acids is 1. The van der Waals surface area contributed by atoms with Crippen molar-refractivity contribution in [3.05, 3.63) is 58.1 Å². The van der Waals surface area contributed by atoms with Gasteiger partial charge in [0.15, 0.2) is 0 Å². The number of hydrogen-bond acceptors (Lipinski definition) is 1. The highest BCUT2D eigenvalue weighted by Crippen LogP contribution is 2.35. The Balaban J connectivity index is 2.62. The Labute approximate surface area is 123 Å². The van der Waals surface area contributed by atoms with Crippen LogP contribution in [-0.4, -0.2) is 11.1 Å². The van der Waals surface area contributed by atoms with Crippen molar-refractivity contribution in [2.75, 3.05) is 0 Å². The van der Waals surface area contributed by atoms with Gasteiger partial charge in [0.25, 0.3) is 0 Å². The highest BCUT2D eigenvalue weighted by atomic mass is 35.5. The monoisotopic (exact) mass is 314 g/mol. The molecule has 0 bridgehead atoms. The van der Waals surface area contributed by atoms with Crippen LogP contribution in [0.2, 0.25) is 5.02 Å². The molecule has 0 atom stereocenters. The predicted molar refractivity (Wildman–Crippen MR) is 73.6 cm³/mol. The average Bonchev–Trinajstić information content (AvgIpc) is 2.37. The summed E-state index contributed by atoms with van der Waals surface area (Å²) in [5.74, 6) is -1.62. The van der Waals surface area contributed by atoms with Gasteiger partial charge in [-0.15, -0.1) is 0 Å². The molecule has 0 unspecified atom stereocenters. The standard InChI is InChI=1S/C15H10ClF3O2/c1-8-6-10(16)3-4-11(8)9-2-5-13(15(17,18)19)12(7-9)14(20)21/h2-7H,1H3,(H,20,21). The molecule has 6 heteroatoms. The van der Waals surface area contributed by atoms with E-state index in [1.54, 1.807) is 25.1 Å². The van der Waals surface area contributed by atoms with Gasteiger partial charge >= 0.3 is 12.1 Å². The number of rotatable bonds is 2. The van der Waals surface area contributed by atoms with Gasteiger partial charge in [0.1, 0.15) is 0 Å². The maximum atomic E-state index is 12.8. The minimum atomic E-state index is -4.71. The van der Waals surface area contributed by atoms with E-state index in [2.05, 4.69) is 0 Å². The lowest BCUT2D eigenvalue weighted by Gasteiger charge is -2.13. The summed E-state index contributed by atoms with van der Waals surface area (Å²) >= 11 is 5.83. The van der Waals surface area contributed by atoms with Gasteiger partial charge < -0.3 is 5.11 Å². The van der Waals surface area contributed by atoms with Crippen LogP contribution in [0.1, 0.15) is 21.5 Å². The fraction of sp³-hybridized carbons (Fsp3) is 0.133. The van der Waals surface area contributed by atoms with Crippen LogP contribution in [0, 0.1) is 6.92 Å². The lowest BCUT2D eigenvalue weighted by atomic mass is 9.96. The summed E-state index contributed by atoms with van der Waals surface area (Å²) in [6, 6.07) is 7.97. The van der Waals surface area contributed by atoms with Crippen LogP contribution >= 0.6 is 11.6 Å². The Morgan fingerprint density at radius 3 is 2.33 bits per heavy atom. The molecule has 110 valence electrons. The Kier molecular flexibility index (Phi) is 3.96. The predicted octanol–water partition coefficient (Wildman–Crippen LogP) is 5.03. The SMILES string of the molecule is Cc1cc(Cl)ccc1-c1ccc(C(F)(F)F)c(C(=O)O)c1. The molecular formula is C15H10ClF3O2. The summed E-state index contributed by atoms with van der Waals surface area (Å²) < 4.78 is 38.4. The van der Waals surface area contributed by atoms with Crippen LogP contribution < -0.4 is 0 Å². The molecule has 0 aliphatic rings. The first-order valence-corrected chi connectivity index (χ1v) is 6.29. The first-order valence-electron chi connectivity index (χ1n) is 5.91. The molecule has 2 nitrogen and oxygen atoms in total. The summed E-state index contributed by atoms with van der Waals surface area (Å²) in [5.41, 5.74) is -0.150. The second kappa shape index (κ2) is 5.41. The van der Waals surface area contributed by atoms with E-state index in [4.69, 9.17) is 16.7 Å². The molecule has 0 aliphatic carbocycles. The zero-order valence-electron chi connectivity index (χ0n) is 10.8. The fourth-order valence-corrected chi connectivity index (χ4v) is 2.31. The second-order valence-electron chi connectivity index (χ2n) is 4.52. The quantitative estimate of drug-likeness (QED) is 0.844. The summed E-state index contributed by atoms with van der Waals surface area (Å²) in [6.45, 7) is 1.75. The van der Waals surface area contributed by atoms with Crippen LogP contribution in [0.15, 0.2) is 36.4 Å². The number of carbonyl (C=O) groups is 1. The molecule has 0 spiro atoms. The normalized spacial score (nSPS) is 11.5. The Morgan fingerprint density at radius 2 is 1.81 bits per heavy atom. The summed E-state index contributed by atoms with van der Waals surface area (Å²) in [4.78, 5) is 11.1. The van der Waals surface area contributed by atoms with Gasteiger partial charge in [-0.2, -0.15) is 13.2 Å². The van der Waals surface area contributed by atoms with Crippen molar-refractivity contribution in [1.29, 1.82) is 0 Å². The Bertz CT molecular complexity index is 709. The summed E-state index contributed by atoms with van der Waals surface area (Å²) in [5, 5.41) is 9.49. The van der Waals surface area contributed by atoms with Gasteiger partial charge in [0.05, 0.1) is 11.1 Å². The van der Waals surface area contributed by atoms with Gasteiger partial charge in [0.2, 0.25) is 0 Å². The van der Waals surface area contributed by atoms with Gasteiger partial charge in [0, 0.05) is 5.02 Å². The molecule has 2 aromatic rings. The van der Waals surface area contributed by atoms with Crippen molar-refractivity contribution in [1.82, 2.24) is 0 Å². The van der Waals surface area contributed by atoms with Crippen molar-refractivity contribution in [3.63, 3.8) is 0 Å². The molecule has 0 saturated heterocycles. The molecule has 0 aliphatic heterocycles. The number of halogens is 4. The van der Waals surface area contributed by atoms with E-state index in [-0.39, 0.29) is 0 Å². The number of benzene rings is 2. The van der Waals surface area contributed by atoms with E-state index in [1.807, 2.05) is 0 Å². The van der Waals surface area contributed by atoms with Crippen LogP contribution in [0.4, 0.5) is 13.2 Å². The maximum absolute atomic E-state index is 12.8. The van der Waals surface area contributed by atoms with E-state index in [9.17, 15) is 18.0 Å². The molecule has 0 radical (unpaired) electrons. The Morgan fingerprint density at radius 1 is 1.14 bits per heavy atom. The van der Waals surface area contributed by atoms with Crippen molar-refractivity contribution >= 4 is 17.6 Å². The van der Waals surface area contributed by atoms with Crippen molar-refractivity contribution in [3.8, 4) is 11.1 Å². The number of aromatic carboxylic acids is 1. The van der Waals surface area contributed by atoms with E-state index in [0.29, 0.717) is 16.1 Å². The summed E-state index contributed by atoms with van der Waals surface area (Å²) in [7, 11) is 0. The largest absolute Gasteiger partial charge is 0.478 e. The Hall–Kier alpha value is -2.01. The lowest BCUT2D eigenvalue weighted by Crippen LogP contribution is -2.12. The van der Waals surface area contributed by atoms with E-state index < -0.39 is 23.3 Å². The maximum Gasteiger partial charge on any atom is 0.417 e. The molecule has 2 rings (SSSR count). The van der Waals surface area contributed by atoms with Crippen molar-refractivity contribution < 1.29 is 23.1 Å². The average molecular weight is 315 g/mol. The number of alkyl halides is 3. The third kappa shape index (κ3) is 3.19. The minimum absolute atomic E-state index is 0.398. The van der Waals surface area contributed by atoms with Crippen molar-refractivity contribution in [2.45, 2.75) is 13.1 Å². The molecule has 0 heterocycles. The van der Waals surface area contributed by atoms with Crippen LogP contribution in [0.3, 0.4) is 0 Å². The zero-order chi connectivity index (χ0) is 15.8. The topological polar surface area (TPSA) is 37.3 Å². The van der Waals surface area contributed by atoms with E-state index >= 15 is 0 Å². The van der Waals surface area contributed by atoms with Crippen molar-refractivity contribution in [2.24, 2.45) is 0 Å². The van der Waals surface area contributed by atoms with E-state index in [0.717, 1.165) is 17.7 Å². The third-order valence-electron chi connectivity index (χ3n) is 3.05. The van der Waals surface area contributed by atoms with Crippen LogP contribution in [-0.2, 0) is 6.18 Å². The first-order chi connectivity index (χ1) is 9.70. The second-order valence-corrected chi connectivity index (χ2v) is 4.96. The van der Waals surface area contributed by atoms with E-state index in [1.165, 1.54) is 6.07 Å². The van der Waals surface area contributed by atoms with Gasteiger partial charge in [-0.3, -0.25) is 0 Å². The number of carboxylic acid groups (broad SMARTS) is 1. The molecule has 1 N–H and O–H groups in total. The number of hydrogen-bond donors (Lipinski definition) is 1. The molecule has 0 amide bonds. The smallest absolute Gasteiger partial charge is 0.417 e. The van der Waals surface area contributed by atoms with Gasteiger partial charge in [-0.25, -0.2) is 4.79 Å². The molecule has 0 aromatic heterocycles. The first kappa shape index (κ1) is 15.4.